The number of nitrogens with one attached hydrogen (secondary N) is 1. The minimum absolute atomic E-state index is 0.0836. The quantitative estimate of drug-likeness (QED) is 0.859. The summed E-state index contributed by atoms with van der Waals surface area (Å²) in [6.45, 7) is 0.0836. The summed E-state index contributed by atoms with van der Waals surface area (Å²) in [6.07, 6.45) is -1.23. The fraction of sp³-hybridized carbons (Fsp3) is 0.235. The van der Waals surface area contributed by atoms with Gasteiger partial charge >= 0.3 is 0 Å². The number of aliphatic hydroxyl groups excluding tert-OH is 1. The molecule has 1 unspecified atom stereocenters. The molecule has 0 heterocycles. The molecule has 0 aliphatic rings. The summed E-state index contributed by atoms with van der Waals surface area (Å²) in [5, 5.41) is 12.5. The van der Waals surface area contributed by atoms with Gasteiger partial charge in [0.25, 0.3) is 5.91 Å². The van der Waals surface area contributed by atoms with Crippen molar-refractivity contribution in [2.75, 3.05) is 13.7 Å². The second-order valence-corrected chi connectivity index (χ2v) is 4.96. The monoisotopic (exact) mass is 321 g/mol. The average Bonchev–Trinajstić information content (AvgIpc) is 2.57. The number of methoxy groups -OCH3 is 1. The molecule has 0 spiro atoms. The van der Waals surface area contributed by atoms with E-state index in [2.05, 4.69) is 5.32 Å². The Morgan fingerprint density at radius 2 is 2.04 bits per heavy atom. The lowest BCUT2D eigenvalue weighted by molar-refractivity contribution is -0.129. The van der Waals surface area contributed by atoms with Gasteiger partial charge in [-0.15, -0.1) is 0 Å². The Morgan fingerprint density at radius 3 is 2.78 bits per heavy atom. The maximum absolute atomic E-state index is 13.5. The summed E-state index contributed by atoms with van der Waals surface area (Å²) >= 11 is 0. The van der Waals surface area contributed by atoms with E-state index in [1.807, 2.05) is 0 Å². The highest BCUT2D eigenvalue weighted by molar-refractivity contribution is 5.82. The number of hydrogen-bond donors (Lipinski definition) is 2. The zero-order valence-electron chi connectivity index (χ0n) is 12.6. The molecule has 2 rings (SSSR count). The molecule has 122 valence electrons. The molecule has 0 bridgehead atoms. The van der Waals surface area contributed by atoms with Gasteiger partial charge < -0.3 is 15.2 Å². The van der Waals surface area contributed by atoms with E-state index in [9.17, 15) is 18.7 Å². The second-order valence-electron chi connectivity index (χ2n) is 4.96. The number of carbonyl (C=O) groups is 1. The van der Waals surface area contributed by atoms with Gasteiger partial charge in [0.15, 0.2) is 6.10 Å². The molecule has 0 saturated carbocycles. The van der Waals surface area contributed by atoms with E-state index in [-0.39, 0.29) is 18.5 Å². The molecule has 0 aromatic heterocycles. The largest absolute Gasteiger partial charge is 0.497 e. The molecule has 23 heavy (non-hydrogen) atoms. The molecule has 4 nitrogen and oxygen atoms in total. The van der Waals surface area contributed by atoms with Gasteiger partial charge in [0.1, 0.15) is 17.4 Å². The molecule has 2 aromatic carbocycles. The summed E-state index contributed by atoms with van der Waals surface area (Å²) in [6, 6.07) is 9.66. The van der Waals surface area contributed by atoms with Crippen molar-refractivity contribution in [1.82, 2.24) is 5.32 Å². The molecular weight excluding hydrogens is 304 g/mol. The molecule has 6 heteroatoms. The van der Waals surface area contributed by atoms with Crippen LogP contribution in [0.2, 0.25) is 0 Å². The zero-order chi connectivity index (χ0) is 16.8. The fourth-order valence-corrected chi connectivity index (χ4v) is 2.11. The van der Waals surface area contributed by atoms with Crippen LogP contribution < -0.4 is 10.1 Å². The van der Waals surface area contributed by atoms with Gasteiger partial charge in [-0.2, -0.15) is 0 Å². The third-order valence-corrected chi connectivity index (χ3v) is 3.36. The molecule has 2 aromatic rings. The minimum Gasteiger partial charge on any atom is -0.497 e. The van der Waals surface area contributed by atoms with Crippen molar-refractivity contribution in [2.24, 2.45) is 0 Å². The molecule has 1 amide bonds. The van der Waals surface area contributed by atoms with Crippen molar-refractivity contribution >= 4 is 5.91 Å². The summed E-state index contributed by atoms with van der Waals surface area (Å²) in [7, 11) is 1.49. The number of ether oxygens (including phenoxy) is 1. The highest BCUT2D eigenvalue weighted by Gasteiger charge is 2.17. The van der Waals surface area contributed by atoms with Crippen LogP contribution in [0.15, 0.2) is 42.5 Å². The number of hydrogen-bond acceptors (Lipinski definition) is 3. The summed E-state index contributed by atoms with van der Waals surface area (Å²) < 4.78 is 31.5. The number of rotatable bonds is 6. The first-order chi connectivity index (χ1) is 11.0. The molecule has 0 fully saturated rings. The Bertz CT molecular complexity index is 691. The van der Waals surface area contributed by atoms with E-state index in [1.54, 1.807) is 24.3 Å². The van der Waals surface area contributed by atoms with Crippen LogP contribution in [-0.4, -0.2) is 24.7 Å². The van der Waals surface area contributed by atoms with E-state index >= 15 is 0 Å². The van der Waals surface area contributed by atoms with Crippen LogP contribution >= 0.6 is 0 Å². The van der Waals surface area contributed by atoms with Gasteiger partial charge in [-0.25, -0.2) is 8.78 Å². The lowest BCUT2D eigenvalue weighted by Gasteiger charge is -2.13. The topological polar surface area (TPSA) is 58.6 Å². The van der Waals surface area contributed by atoms with Gasteiger partial charge in [0.2, 0.25) is 0 Å². The Hall–Kier alpha value is -2.47. The fourth-order valence-electron chi connectivity index (χ4n) is 2.11. The average molecular weight is 321 g/mol. The Kier molecular flexibility index (Phi) is 5.65. The first kappa shape index (κ1) is 16.9. The van der Waals surface area contributed by atoms with Gasteiger partial charge in [-0.1, -0.05) is 12.1 Å². The molecule has 0 radical (unpaired) electrons. The van der Waals surface area contributed by atoms with Crippen LogP contribution in [0.5, 0.6) is 5.75 Å². The first-order valence-corrected chi connectivity index (χ1v) is 7.05. The normalized spacial score (nSPS) is 11.8. The van der Waals surface area contributed by atoms with Crippen molar-refractivity contribution in [3.63, 3.8) is 0 Å². The third-order valence-electron chi connectivity index (χ3n) is 3.36. The number of benzene rings is 2. The van der Waals surface area contributed by atoms with Crippen LogP contribution in [0.3, 0.4) is 0 Å². The smallest absolute Gasteiger partial charge is 0.253 e. The van der Waals surface area contributed by atoms with E-state index in [1.165, 1.54) is 7.11 Å². The van der Waals surface area contributed by atoms with Crippen molar-refractivity contribution < 1.29 is 23.4 Å². The Balaban J connectivity index is 1.92. The number of halogens is 2. The molecular formula is C17H17F2NO3. The second kappa shape index (κ2) is 7.69. The van der Waals surface area contributed by atoms with E-state index in [4.69, 9.17) is 4.74 Å². The van der Waals surface area contributed by atoms with Gasteiger partial charge in [0, 0.05) is 6.54 Å². The maximum Gasteiger partial charge on any atom is 0.253 e. The first-order valence-electron chi connectivity index (χ1n) is 7.05. The van der Waals surface area contributed by atoms with Gasteiger partial charge in [-0.3, -0.25) is 4.79 Å². The number of carbonyl (C=O) groups excluding carboxylic acids is 1. The van der Waals surface area contributed by atoms with Crippen molar-refractivity contribution in [3.05, 3.63) is 65.2 Å². The van der Waals surface area contributed by atoms with Crippen molar-refractivity contribution in [3.8, 4) is 5.75 Å². The SMILES string of the molecule is COc1cccc(C(O)C(=O)NCCc2cc(F)ccc2F)c1. The molecule has 0 aliphatic carbocycles. The highest BCUT2D eigenvalue weighted by Crippen LogP contribution is 2.19. The van der Waals surface area contributed by atoms with Crippen molar-refractivity contribution in [2.45, 2.75) is 12.5 Å². The summed E-state index contributed by atoms with van der Waals surface area (Å²) in [4.78, 5) is 11.9. The molecule has 1 atom stereocenters. The standard InChI is InChI=1S/C17H17F2NO3/c1-23-14-4-2-3-12(10-14)16(21)17(22)20-8-7-11-9-13(18)5-6-15(11)19/h2-6,9-10,16,21H,7-8H2,1H3,(H,20,22). The molecule has 0 aliphatic heterocycles. The third kappa shape index (κ3) is 4.50. The molecule has 0 saturated heterocycles. The minimum atomic E-state index is -1.36. The van der Waals surface area contributed by atoms with Crippen LogP contribution in [0.1, 0.15) is 17.2 Å². The summed E-state index contributed by atoms with van der Waals surface area (Å²) in [5.74, 6) is -1.16. The van der Waals surface area contributed by atoms with Crippen LogP contribution in [0.25, 0.3) is 0 Å². The maximum atomic E-state index is 13.5. The zero-order valence-corrected chi connectivity index (χ0v) is 12.6. The highest BCUT2D eigenvalue weighted by atomic mass is 19.1. The van der Waals surface area contributed by atoms with Crippen molar-refractivity contribution in [1.29, 1.82) is 0 Å². The summed E-state index contributed by atoms with van der Waals surface area (Å²) in [5.41, 5.74) is 0.556. The predicted molar refractivity (Wildman–Crippen MR) is 81.0 cm³/mol. The number of amides is 1. The van der Waals surface area contributed by atoms with Crippen LogP contribution in [0.4, 0.5) is 8.78 Å². The number of aliphatic hydroxyl groups is 1. The van der Waals surface area contributed by atoms with Crippen LogP contribution in [0, 0.1) is 11.6 Å². The van der Waals surface area contributed by atoms with Crippen LogP contribution in [-0.2, 0) is 11.2 Å². The Labute approximate surface area is 132 Å². The molecule has 2 N–H and O–H groups in total. The predicted octanol–water partition coefficient (Wildman–Crippen LogP) is 2.37. The van der Waals surface area contributed by atoms with Gasteiger partial charge in [-0.05, 0) is 47.9 Å². The van der Waals surface area contributed by atoms with E-state index in [0.29, 0.717) is 11.3 Å². The van der Waals surface area contributed by atoms with E-state index in [0.717, 1.165) is 18.2 Å². The Morgan fingerprint density at radius 1 is 1.26 bits per heavy atom. The lowest BCUT2D eigenvalue weighted by atomic mass is 10.1. The van der Waals surface area contributed by atoms with E-state index < -0.39 is 23.6 Å². The van der Waals surface area contributed by atoms with Gasteiger partial charge in [0.05, 0.1) is 7.11 Å². The lowest BCUT2D eigenvalue weighted by Crippen LogP contribution is -2.31.